The zero-order chi connectivity index (χ0) is 11.0. The van der Waals surface area contributed by atoms with Crippen LogP contribution in [-0.2, 0) is 9.59 Å². The van der Waals surface area contributed by atoms with Gasteiger partial charge in [-0.2, -0.15) is 0 Å². The summed E-state index contributed by atoms with van der Waals surface area (Å²) in [6.45, 7) is 0. The molecule has 2 rings (SSSR count). The Hall–Kier alpha value is -1.14. The van der Waals surface area contributed by atoms with E-state index in [2.05, 4.69) is 10.9 Å². The van der Waals surface area contributed by atoms with Crippen LogP contribution in [-0.4, -0.2) is 11.8 Å². The van der Waals surface area contributed by atoms with Crippen LogP contribution in [0.3, 0.4) is 0 Å². The summed E-state index contributed by atoms with van der Waals surface area (Å²) in [5.41, 5.74) is 4.37. The lowest BCUT2D eigenvalue weighted by Gasteiger charge is -2.25. The third kappa shape index (κ3) is 1.59. The molecule has 6 heteroatoms. The first-order valence-corrected chi connectivity index (χ1v) is 5.18. The van der Waals surface area contributed by atoms with Crippen molar-refractivity contribution in [1.29, 1.82) is 0 Å². The summed E-state index contributed by atoms with van der Waals surface area (Å²) >= 11 is 0. The molecule has 0 aromatic rings. The van der Waals surface area contributed by atoms with Gasteiger partial charge in [0.1, 0.15) is 0 Å². The zero-order valence-corrected chi connectivity index (χ0v) is 8.40. The fraction of sp³-hybridized carbons (Fsp3) is 0.778. The molecule has 0 saturated heterocycles. The van der Waals surface area contributed by atoms with Crippen molar-refractivity contribution in [2.24, 2.45) is 35.4 Å². The third-order valence-electron chi connectivity index (χ3n) is 3.81. The van der Waals surface area contributed by atoms with Gasteiger partial charge in [0, 0.05) is 11.8 Å². The minimum Gasteiger partial charge on any atom is -0.294 e. The largest absolute Gasteiger partial charge is 0.294 e. The number of hydrogen-bond acceptors (Lipinski definition) is 4. The number of rotatable bonds is 2. The Morgan fingerprint density at radius 3 is 1.53 bits per heavy atom. The molecule has 84 valence electrons. The Bertz CT molecular complexity index is 266. The van der Waals surface area contributed by atoms with Gasteiger partial charge in [0.05, 0.1) is 0 Å². The number of hydrogen-bond donors (Lipinski definition) is 4. The average Bonchev–Trinajstić information content (AvgIpc) is 2.85. The van der Waals surface area contributed by atoms with E-state index in [0.29, 0.717) is 11.8 Å². The first-order chi connectivity index (χ1) is 7.17. The van der Waals surface area contributed by atoms with Gasteiger partial charge in [0.15, 0.2) is 0 Å². The average molecular weight is 212 g/mol. The van der Waals surface area contributed by atoms with E-state index in [0.717, 1.165) is 19.3 Å². The van der Waals surface area contributed by atoms with E-state index in [4.69, 9.17) is 11.7 Å². The van der Waals surface area contributed by atoms with Crippen LogP contribution in [0.1, 0.15) is 19.3 Å². The van der Waals surface area contributed by atoms with Gasteiger partial charge < -0.3 is 0 Å². The highest BCUT2D eigenvalue weighted by Gasteiger charge is 2.50. The Labute approximate surface area is 87.7 Å². The molecule has 2 aliphatic carbocycles. The Morgan fingerprint density at radius 1 is 0.867 bits per heavy atom. The molecule has 15 heavy (non-hydrogen) atoms. The molecule has 4 atom stereocenters. The van der Waals surface area contributed by atoms with Gasteiger partial charge in [0.2, 0.25) is 11.8 Å². The molecule has 2 saturated carbocycles. The van der Waals surface area contributed by atoms with Crippen LogP contribution in [0.5, 0.6) is 0 Å². The molecule has 0 aromatic heterocycles. The fourth-order valence-corrected chi connectivity index (χ4v) is 3.13. The van der Waals surface area contributed by atoms with E-state index < -0.39 is 0 Å². The maximum atomic E-state index is 11.4. The van der Waals surface area contributed by atoms with E-state index in [1.807, 2.05) is 0 Å². The Balaban J connectivity index is 2.00. The van der Waals surface area contributed by atoms with Crippen LogP contribution in [0.25, 0.3) is 0 Å². The minimum atomic E-state index is -0.103. The second-order valence-electron chi connectivity index (χ2n) is 4.46. The summed E-state index contributed by atoms with van der Waals surface area (Å²) in [5.74, 6) is 10.6. The van der Waals surface area contributed by atoms with Crippen LogP contribution in [0.15, 0.2) is 0 Å². The van der Waals surface area contributed by atoms with E-state index in [1.165, 1.54) is 0 Å². The molecule has 0 aliphatic heterocycles. The number of hydrazine groups is 2. The summed E-state index contributed by atoms with van der Waals surface area (Å²) in [4.78, 5) is 22.8. The molecule has 0 spiro atoms. The van der Waals surface area contributed by atoms with Crippen LogP contribution in [0.4, 0.5) is 0 Å². The quantitative estimate of drug-likeness (QED) is 0.257. The van der Waals surface area contributed by atoms with Crippen LogP contribution in [0, 0.1) is 23.7 Å². The number of nitrogens with two attached hydrogens (primary N) is 2. The Morgan fingerprint density at radius 2 is 1.27 bits per heavy atom. The molecule has 6 nitrogen and oxygen atoms in total. The maximum absolute atomic E-state index is 11.4. The van der Waals surface area contributed by atoms with Crippen LogP contribution < -0.4 is 22.5 Å². The molecule has 0 radical (unpaired) electrons. The molecule has 0 heterocycles. The SMILES string of the molecule is NNC(=O)[C@H]1C[C@H]2C[C@H]1C[C@H]2C(=O)NN. The summed E-state index contributed by atoms with van der Waals surface area (Å²) in [5, 5.41) is 0. The predicted octanol–water partition coefficient (Wildman–Crippen LogP) is -1.37. The van der Waals surface area contributed by atoms with Crippen molar-refractivity contribution in [3.8, 4) is 0 Å². The first-order valence-electron chi connectivity index (χ1n) is 5.18. The van der Waals surface area contributed by atoms with Crippen molar-refractivity contribution in [3.63, 3.8) is 0 Å². The highest BCUT2D eigenvalue weighted by atomic mass is 16.2. The van der Waals surface area contributed by atoms with Gasteiger partial charge in [0.25, 0.3) is 0 Å². The third-order valence-corrected chi connectivity index (χ3v) is 3.81. The minimum absolute atomic E-state index is 0.0122. The van der Waals surface area contributed by atoms with Crippen molar-refractivity contribution in [3.05, 3.63) is 0 Å². The predicted molar refractivity (Wildman–Crippen MR) is 52.5 cm³/mol. The van der Waals surface area contributed by atoms with Gasteiger partial charge in [-0.3, -0.25) is 20.4 Å². The zero-order valence-electron chi connectivity index (χ0n) is 8.40. The molecule has 0 aromatic carbocycles. The van der Waals surface area contributed by atoms with Crippen LogP contribution in [0.2, 0.25) is 0 Å². The summed E-state index contributed by atoms with van der Waals surface area (Å²) in [6, 6.07) is 0. The monoisotopic (exact) mass is 212 g/mol. The van der Waals surface area contributed by atoms with Crippen molar-refractivity contribution in [2.75, 3.05) is 0 Å². The number of fused-ring (bicyclic) bond motifs is 2. The molecule has 2 amide bonds. The summed E-state index contributed by atoms with van der Waals surface area (Å²) in [7, 11) is 0. The topological polar surface area (TPSA) is 110 Å². The molecular weight excluding hydrogens is 196 g/mol. The lowest BCUT2D eigenvalue weighted by Crippen LogP contribution is -2.42. The molecule has 0 unspecified atom stereocenters. The number of nitrogens with one attached hydrogen (secondary N) is 2. The molecule has 2 bridgehead atoms. The standard InChI is InChI=1S/C9H16N4O2/c10-12-8(14)6-2-4-1-5(6)3-7(4)9(15)13-11/h4-7H,1-3,10-11H2,(H,12,14)(H,13,15)/t4-,5+,6+,7-. The molecule has 6 N–H and O–H groups in total. The van der Waals surface area contributed by atoms with Crippen molar-refractivity contribution >= 4 is 11.8 Å². The summed E-state index contributed by atoms with van der Waals surface area (Å²) in [6.07, 6.45) is 2.45. The van der Waals surface area contributed by atoms with Crippen molar-refractivity contribution < 1.29 is 9.59 Å². The second kappa shape index (κ2) is 3.79. The lowest BCUT2D eigenvalue weighted by atomic mass is 9.81. The van der Waals surface area contributed by atoms with Gasteiger partial charge in [-0.25, -0.2) is 11.7 Å². The molecule has 2 aliphatic rings. The molecule has 2 fully saturated rings. The van der Waals surface area contributed by atoms with Gasteiger partial charge in [-0.1, -0.05) is 0 Å². The fourth-order valence-electron chi connectivity index (χ4n) is 3.13. The van der Waals surface area contributed by atoms with Crippen LogP contribution >= 0.6 is 0 Å². The highest BCUT2D eigenvalue weighted by molar-refractivity contribution is 5.82. The van der Waals surface area contributed by atoms with Gasteiger partial charge in [-0.15, -0.1) is 0 Å². The van der Waals surface area contributed by atoms with Crippen molar-refractivity contribution in [1.82, 2.24) is 10.9 Å². The molecular formula is C9H16N4O2. The smallest absolute Gasteiger partial charge is 0.237 e. The van der Waals surface area contributed by atoms with E-state index >= 15 is 0 Å². The number of carbonyl (C=O) groups is 2. The van der Waals surface area contributed by atoms with Gasteiger partial charge >= 0.3 is 0 Å². The normalized spacial score (nSPS) is 37.7. The number of carbonyl (C=O) groups excluding carboxylic acids is 2. The van der Waals surface area contributed by atoms with E-state index in [9.17, 15) is 9.59 Å². The van der Waals surface area contributed by atoms with Crippen molar-refractivity contribution in [2.45, 2.75) is 19.3 Å². The summed E-state index contributed by atoms with van der Waals surface area (Å²) < 4.78 is 0. The first kappa shape index (κ1) is 10.4. The van der Waals surface area contributed by atoms with E-state index in [-0.39, 0.29) is 23.7 Å². The second-order valence-corrected chi connectivity index (χ2v) is 4.46. The Kier molecular flexibility index (Phi) is 2.62. The van der Waals surface area contributed by atoms with E-state index in [1.54, 1.807) is 0 Å². The maximum Gasteiger partial charge on any atom is 0.237 e. The number of amides is 2. The highest BCUT2D eigenvalue weighted by Crippen LogP contribution is 2.51. The van der Waals surface area contributed by atoms with Gasteiger partial charge in [-0.05, 0) is 31.1 Å². The lowest BCUT2D eigenvalue weighted by molar-refractivity contribution is -0.131.